The van der Waals surface area contributed by atoms with Crippen LogP contribution < -0.4 is 11.1 Å². The highest BCUT2D eigenvalue weighted by Gasteiger charge is 2.15. The minimum atomic E-state index is -0.963. The van der Waals surface area contributed by atoms with Gasteiger partial charge in [0.05, 0.1) is 23.1 Å². The van der Waals surface area contributed by atoms with Gasteiger partial charge in [0.15, 0.2) is 0 Å². The second-order valence-corrected chi connectivity index (χ2v) is 4.27. The second kappa shape index (κ2) is 6.96. The molecule has 0 radical (unpaired) electrons. The van der Waals surface area contributed by atoms with Crippen molar-refractivity contribution >= 4 is 29.2 Å². The third-order valence-corrected chi connectivity index (χ3v) is 2.83. The lowest BCUT2D eigenvalue weighted by Crippen LogP contribution is -2.26. The van der Waals surface area contributed by atoms with Crippen LogP contribution in [-0.4, -0.2) is 36.7 Å². The number of benzene rings is 1. The highest BCUT2D eigenvalue weighted by Crippen LogP contribution is 2.23. The zero-order valence-electron chi connectivity index (χ0n) is 10.4. The quantitative estimate of drug-likeness (QED) is 0.702. The van der Waals surface area contributed by atoms with E-state index in [1.807, 2.05) is 0 Å². The Hall–Kier alpha value is -1.79. The van der Waals surface area contributed by atoms with Gasteiger partial charge in [-0.3, -0.25) is 9.59 Å². The van der Waals surface area contributed by atoms with E-state index in [-0.39, 0.29) is 23.6 Å². The first-order chi connectivity index (χ1) is 8.95. The zero-order chi connectivity index (χ0) is 14.4. The third kappa shape index (κ3) is 4.42. The van der Waals surface area contributed by atoms with Crippen LogP contribution in [0.1, 0.15) is 16.8 Å². The fraction of sp³-hybridized carbons (Fsp3) is 0.333. The summed E-state index contributed by atoms with van der Waals surface area (Å²) < 4.78 is 5.02. The molecule has 1 unspecified atom stereocenters. The molecule has 0 aliphatic heterocycles. The van der Waals surface area contributed by atoms with Crippen molar-refractivity contribution in [1.82, 2.24) is 0 Å². The van der Waals surface area contributed by atoms with Crippen LogP contribution in [0.15, 0.2) is 18.2 Å². The Bertz CT molecular complexity index is 479. The van der Waals surface area contributed by atoms with E-state index in [1.165, 1.54) is 7.11 Å². The Kier molecular flexibility index (Phi) is 5.59. The number of hydrogen-bond donors (Lipinski definition) is 3. The number of aliphatic carboxylic acids is 1. The number of rotatable bonds is 7. The molecule has 0 bridgehead atoms. The molecule has 0 saturated heterocycles. The minimum Gasteiger partial charge on any atom is -0.481 e. The summed E-state index contributed by atoms with van der Waals surface area (Å²) in [5.41, 5.74) is 5.87. The van der Waals surface area contributed by atoms with Gasteiger partial charge >= 0.3 is 5.97 Å². The van der Waals surface area contributed by atoms with Crippen molar-refractivity contribution in [3.63, 3.8) is 0 Å². The fourth-order valence-electron chi connectivity index (χ4n) is 1.58. The largest absolute Gasteiger partial charge is 0.481 e. The van der Waals surface area contributed by atoms with Crippen LogP contribution >= 0.6 is 11.6 Å². The van der Waals surface area contributed by atoms with E-state index in [2.05, 4.69) is 5.32 Å². The van der Waals surface area contributed by atoms with Crippen molar-refractivity contribution in [2.24, 2.45) is 5.73 Å². The van der Waals surface area contributed by atoms with E-state index in [9.17, 15) is 9.59 Å². The molecule has 0 saturated carbocycles. The second-order valence-electron chi connectivity index (χ2n) is 3.86. The summed E-state index contributed by atoms with van der Waals surface area (Å²) in [7, 11) is 1.42. The molecule has 1 aromatic carbocycles. The molecule has 1 rings (SSSR count). The molecule has 0 aromatic heterocycles. The van der Waals surface area contributed by atoms with Crippen molar-refractivity contribution < 1.29 is 19.4 Å². The van der Waals surface area contributed by atoms with Crippen LogP contribution in [0.3, 0.4) is 0 Å². The number of halogens is 1. The van der Waals surface area contributed by atoms with Crippen molar-refractivity contribution in [2.45, 2.75) is 12.5 Å². The topological polar surface area (TPSA) is 102 Å². The Labute approximate surface area is 115 Å². The number of anilines is 1. The van der Waals surface area contributed by atoms with Crippen molar-refractivity contribution in [3.8, 4) is 0 Å². The lowest BCUT2D eigenvalue weighted by Gasteiger charge is -2.16. The monoisotopic (exact) mass is 286 g/mol. The highest BCUT2D eigenvalue weighted by molar-refractivity contribution is 6.34. The molecule has 0 aliphatic carbocycles. The smallest absolute Gasteiger partial charge is 0.306 e. The van der Waals surface area contributed by atoms with Crippen LogP contribution in [0.2, 0.25) is 5.02 Å². The highest BCUT2D eigenvalue weighted by atomic mass is 35.5. The molecule has 7 heteroatoms. The number of amides is 1. The van der Waals surface area contributed by atoms with Gasteiger partial charge in [0.1, 0.15) is 0 Å². The lowest BCUT2D eigenvalue weighted by molar-refractivity contribution is -0.139. The lowest BCUT2D eigenvalue weighted by atomic mass is 10.1. The van der Waals surface area contributed by atoms with Crippen LogP contribution in [0.25, 0.3) is 0 Å². The number of carbonyl (C=O) groups is 2. The minimum absolute atomic E-state index is 0.143. The molecule has 1 amide bonds. The molecule has 104 valence electrons. The summed E-state index contributed by atoms with van der Waals surface area (Å²) in [6.07, 6.45) is -0.659. The number of carbonyl (C=O) groups excluding carboxylic acids is 1. The number of methoxy groups -OCH3 is 1. The molecule has 19 heavy (non-hydrogen) atoms. The number of hydrogen-bond acceptors (Lipinski definition) is 4. The van der Waals surface area contributed by atoms with E-state index in [1.54, 1.807) is 18.2 Å². The predicted octanol–water partition coefficient (Wildman–Crippen LogP) is 1.34. The van der Waals surface area contributed by atoms with Crippen LogP contribution in [-0.2, 0) is 9.53 Å². The van der Waals surface area contributed by atoms with Crippen LogP contribution in [0, 0.1) is 0 Å². The standard InChI is InChI=1S/C12H15ClN2O4/c1-19-7(5-10(16)17)6-15-9-4-2-3-8(13)11(9)12(14)18/h2-4,7,15H,5-6H2,1H3,(H2,14,18)(H,16,17). The van der Waals surface area contributed by atoms with E-state index in [0.29, 0.717) is 5.69 Å². The Morgan fingerprint density at radius 1 is 1.53 bits per heavy atom. The molecule has 1 aromatic rings. The average molecular weight is 287 g/mol. The van der Waals surface area contributed by atoms with Crippen molar-refractivity contribution in [2.75, 3.05) is 19.0 Å². The van der Waals surface area contributed by atoms with Crippen molar-refractivity contribution in [1.29, 1.82) is 0 Å². The van der Waals surface area contributed by atoms with Gasteiger partial charge in [0.2, 0.25) is 0 Å². The molecule has 0 spiro atoms. The van der Waals surface area contributed by atoms with Gasteiger partial charge in [0, 0.05) is 19.3 Å². The van der Waals surface area contributed by atoms with Crippen LogP contribution in [0.4, 0.5) is 5.69 Å². The Morgan fingerprint density at radius 3 is 2.74 bits per heavy atom. The number of carboxylic acids is 1. The summed E-state index contributed by atoms with van der Waals surface area (Å²) >= 11 is 5.89. The number of nitrogens with two attached hydrogens (primary N) is 1. The first kappa shape index (κ1) is 15.3. The third-order valence-electron chi connectivity index (χ3n) is 2.52. The first-order valence-electron chi connectivity index (χ1n) is 5.52. The van der Waals surface area contributed by atoms with E-state index < -0.39 is 18.0 Å². The van der Waals surface area contributed by atoms with Crippen LogP contribution in [0.5, 0.6) is 0 Å². The Morgan fingerprint density at radius 2 is 2.21 bits per heavy atom. The van der Waals surface area contributed by atoms with Gasteiger partial charge in [-0.15, -0.1) is 0 Å². The first-order valence-corrected chi connectivity index (χ1v) is 5.90. The van der Waals surface area contributed by atoms with Gasteiger partial charge in [-0.05, 0) is 12.1 Å². The summed E-state index contributed by atoms with van der Waals surface area (Å²) in [5.74, 6) is -1.62. The molecular weight excluding hydrogens is 272 g/mol. The van der Waals surface area contributed by atoms with Crippen molar-refractivity contribution in [3.05, 3.63) is 28.8 Å². The number of primary amides is 1. The molecule has 0 aliphatic rings. The fourth-order valence-corrected chi connectivity index (χ4v) is 1.85. The molecular formula is C12H15ClN2O4. The van der Waals surface area contributed by atoms with Gasteiger partial charge in [0.25, 0.3) is 5.91 Å². The number of ether oxygens (including phenoxy) is 1. The summed E-state index contributed by atoms with van der Waals surface area (Å²) in [6, 6.07) is 4.85. The van der Waals surface area contributed by atoms with E-state index in [0.717, 1.165) is 0 Å². The predicted molar refractivity (Wildman–Crippen MR) is 71.5 cm³/mol. The van der Waals surface area contributed by atoms with E-state index in [4.69, 9.17) is 27.2 Å². The zero-order valence-corrected chi connectivity index (χ0v) is 11.1. The molecule has 0 heterocycles. The number of nitrogens with one attached hydrogen (secondary N) is 1. The van der Waals surface area contributed by atoms with Gasteiger partial charge in [-0.25, -0.2) is 0 Å². The van der Waals surface area contributed by atoms with Gasteiger partial charge < -0.3 is 20.9 Å². The molecule has 6 nitrogen and oxygen atoms in total. The number of carboxylic acid groups (broad SMARTS) is 1. The maximum absolute atomic E-state index is 11.3. The van der Waals surface area contributed by atoms with Gasteiger partial charge in [-0.1, -0.05) is 17.7 Å². The molecule has 0 fully saturated rings. The maximum Gasteiger partial charge on any atom is 0.306 e. The maximum atomic E-state index is 11.3. The summed E-state index contributed by atoms with van der Waals surface area (Å²) in [5, 5.41) is 11.9. The van der Waals surface area contributed by atoms with E-state index >= 15 is 0 Å². The average Bonchev–Trinajstić information content (AvgIpc) is 2.33. The molecule has 1 atom stereocenters. The molecule has 4 N–H and O–H groups in total. The Balaban J connectivity index is 2.79. The van der Waals surface area contributed by atoms with Gasteiger partial charge in [-0.2, -0.15) is 0 Å². The SMILES string of the molecule is COC(CNc1cccc(Cl)c1C(N)=O)CC(=O)O. The normalized spacial score (nSPS) is 11.9. The summed E-state index contributed by atoms with van der Waals surface area (Å²) in [4.78, 5) is 21.9. The summed E-state index contributed by atoms with van der Waals surface area (Å²) in [6.45, 7) is 0.226.